The van der Waals surface area contributed by atoms with E-state index in [0.29, 0.717) is 21.5 Å². The number of nitrogens with zero attached hydrogens (tertiary/aromatic N) is 4. The second kappa shape index (κ2) is 9.53. The lowest BCUT2D eigenvalue weighted by atomic mass is 10.0. The van der Waals surface area contributed by atoms with E-state index >= 15 is 0 Å². The molecule has 182 valence electrons. The number of benzene rings is 2. The first-order chi connectivity index (χ1) is 16.6. The molecule has 3 N–H and O–H groups in total. The van der Waals surface area contributed by atoms with Gasteiger partial charge in [-0.1, -0.05) is 32.4 Å². The summed E-state index contributed by atoms with van der Waals surface area (Å²) in [5.41, 5.74) is 7.03. The molecule has 4 aromatic rings. The number of fused-ring (bicyclic) bond motifs is 1. The van der Waals surface area contributed by atoms with Crippen molar-refractivity contribution < 1.29 is 18.0 Å². The van der Waals surface area contributed by atoms with Gasteiger partial charge < -0.3 is 11.1 Å². The number of carbonyl (C=O) groups is 1. The first kappa shape index (κ1) is 24.5. The third-order valence-electron chi connectivity index (χ3n) is 5.51. The quantitative estimate of drug-likeness (QED) is 0.338. The van der Waals surface area contributed by atoms with E-state index in [1.54, 1.807) is 25.1 Å². The maximum absolute atomic E-state index is 14.4. The SMILES string of the molecule is CCC(=O)Nc1nc(-n2nc(Cc3c(F)ccc(F)c3F)c3cc(Cl)ccc32)nc(N)c1C(C)C. The first-order valence-corrected chi connectivity index (χ1v) is 11.3. The smallest absolute Gasteiger partial charge is 0.255 e. The highest BCUT2D eigenvalue weighted by molar-refractivity contribution is 6.31. The zero-order chi connectivity index (χ0) is 25.4. The molecule has 0 saturated carbocycles. The van der Waals surface area contributed by atoms with Crippen molar-refractivity contribution in [3.05, 3.63) is 69.6 Å². The summed E-state index contributed by atoms with van der Waals surface area (Å²) >= 11 is 6.17. The van der Waals surface area contributed by atoms with Crippen molar-refractivity contribution in [3.8, 4) is 5.95 Å². The number of aromatic nitrogens is 4. The number of rotatable bonds is 6. The van der Waals surface area contributed by atoms with Gasteiger partial charge in [0.1, 0.15) is 17.5 Å². The minimum absolute atomic E-state index is 0.0389. The number of hydrogen-bond donors (Lipinski definition) is 2. The summed E-state index contributed by atoms with van der Waals surface area (Å²) in [6.07, 6.45) is -0.118. The van der Waals surface area contributed by atoms with Gasteiger partial charge in [-0.05, 0) is 36.2 Å². The van der Waals surface area contributed by atoms with Gasteiger partial charge in [-0.25, -0.2) is 13.2 Å². The molecule has 0 atom stereocenters. The molecule has 11 heteroatoms. The highest BCUT2D eigenvalue weighted by Crippen LogP contribution is 2.31. The Bertz CT molecular complexity index is 1450. The fraction of sp³-hybridized carbons (Fsp3) is 0.250. The minimum atomic E-state index is -1.29. The Morgan fingerprint density at radius 1 is 1.14 bits per heavy atom. The predicted molar refractivity (Wildman–Crippen MR) is 128 cm³/mol. The van der Waals surface area contributed by atoms with Gasteiger partial charge in [0, 0.05) is 34.4 Å². The van der Waals surface area contributed by atoms with E-state index in [-0.39, 0.29) is 47.9 Å². The molecule has 0 saturated heterocycles. The van der Waals surface area contributed by atoms with Crippen LogP contribution in [0, 0.1) is 17.5 Å². The fourth-order valence-corrected chi connectivity index (χ4v) is 3.96. The molecular formula is C24H22ClF3N6O. The van der Waals surface area contributed by atoms with Crippen molar-refractivity contribution in [3.63, 3.8) is 0 Å². The van der Waals surface area contributed by atoms with E-state index in [2.05, 4.69) is 20.4 Å². The van der Waals surface area contributed by atoms with Crippen LogP contribution >= 0.6 is 11.6 Å². The Balaban J connectivity index is 1.92. The van der Waals surface area contributed by atoms with Crippen LogP contribution in [0.3, 0.4) is 0 Å². The van der Waals surface area contributed by atoms with E-state index in [9.17, 15) is 18.0 Å². The highest BCUT2D eigenvalue weighted by Gasteiger charge is 2.22. The molecule has 2 heterocycles. The lowest BCUT2D eigenvalue weighted by Gasteiger charge is -2.16. The van der Waals surface area contributed by atoms with E-state index < -0.39 is 23.0 Å². The van der Waals surface area contributed by atoms with Crippen LogP contribution in [-0.2, 0) is 11.2 Å². The standard InChI is InChI=1S/C24H22ClF3N6O/c1-4-19(35)30-23-20(11(2)3)22(29)31-24(32-23)34-18-8-5-12(25)9-14(18)17(33-34)10-13-15(26)6-7-16(27)21(13)28/h5-9,11H,4,10H2,1-3H3,(H3,29,30,31,32,35). The minimum Gasteiger partial charge on any atom is -0.383 e. The maximum atomic E-state index is 14.4. The van der Waals surface area contributed by atoms with Gasteiger partial charge in [0.15, 0.2) is 11.6 Å². The average molecular weight is 503 g/mol. The van der Waals surface area contributed by atoms with Crippen LogP contribution in [0.4, 0.5) is 24.8 Å². The van der Waals surface area contributed by atoms with Crippen molar-refractivity contribution in [2.45, 2.75) is 39.5 Å². The van der Waals surface area contributed by atoms with Crippen molar-refractivity contribution in [1.82, 2.24) is 19.7 Å². The van der Waals surface area contributed by atoms with E-state index in [1.165, 1.54) is 4.68 Å². The van der Waals surface area contributed by atoms with Gasteiger partial charge in [0.25, 0.3) is 5.95 Å². The van der Waals surface area contributed by atoms with Crippen molar-refractivity contribution in [2.24, 2.45) is 0 Å². The topological polar surface area (TPSA) is 98.7 Å². The Labute approximate surface area is 204 Å². The zero-order valence-electron chi connectivity index (χ0n) is 19.2. The van der Waals surface area contributed by atoms with Crippen molar-refractivity contribution >= 4 is 40.0 Å². The van der Waals surface area contributed by atoms with Gasteiger partial charge in [-0.2, -0.15) is 19.7 Å². The largest absolute Gasteiger partial charge is 0.383 e. The van der Waals surface area contributed by atoms with Crippen molar-refractivity contribution in [2.75, 3.05) is 11.1 Å². The van der Waals surface area contributed by atoms with Gasteiger partial charge in [0.05, 0.1) is 11.2 Å². The molecule has 0 unspecified atom stereocenters. The van der Waals surface area contributed by atoms with E-state index in [4.69, 9.17) is 17.3 Å². The van der Waals surface area contributed by atoms with Crippen LogP contribution in [0.15, 0.2) is 30.3 Å². The second-order valence-electron chi connectivity index (χ2n) is 8.25. The normalized spacial score (nSPS) is 11.4. The summed E-state index contributed by atoms with van der Waals surface area (Å²) in [7, 11) is 0. The second-order valence-corrected chi connectivity index (χ2v) is 8.68. The molecule has 7 nitrogen and oxygen atoms in total. The number of halogens is 4. The molecule has 4 rings (SSSR count). The Kier molecular flexibility index (Phi) is 6.66. The number of amides is 1. The molecule has 2 aromatic carbocycles. The zero-order valence-corrected chi connectivity index (χ0v) is 19.9. The number of anilines is 2. The number of carbonyl (C=O) groups excluding carboxylic acids is 1. The van der Waals surface area contributed by atoms with Gasteiger partial charge in [0.2, 0.25) is 5.91 Å². The Morgan fingerprint density at radius 3 is 2.54 bits per heavy atom. The molecule has 0 fully saturated rings. The third kappa shape index (κ3) is 4.66. The molecule has 0 aliphatic rings. The van der Waals surface area contributed by atoms with Gasteiger partial charge in [-0.3, -0.25) is 4.79 Å². The molecular weight excluding hydrogens is 481 g/mol. The molecule has 0 radical (unpaired) electrons. The number of nitrogens with one attached hydrogen (secondary N) is 1. The Hall–Kier alpha value is -3.66. The van der Waals surface area contributed by atoms with Gasteiger partial charge >= 0.3 is 0 Å². The molecule has 0 bridgehead atoms. The molecule has 0 aliphatic carbocycles. The molecule has 2 aromatic heterocycles. The van der Waals surface area contributed by atoms with Crippen LogP contribution < -0.4 is 11.1 Å². The molecule has 35 heavy (non-hydrogen) atoms. The number of nitrogens with two attached hydrogens (primary N) is 1. The van der Waals surface area contributed by atoms with Crippen LogP contribution in [-0.4, -0.2) is 25.7 Å². The lowest BCUT2D eigenvalue weighted by molar-refractivity contribution is -0.115. The number of hydrogen-bond acceptors (Lipinski definition) is 5. The summed E-state index contributed by atoms with van der Waals surface area (Å²) in [6.45, 7) is 5.49. The summed E-state index contributed by atoms with van der Waals surface area (Å²) in [5, 5.41) is 8.05. The third-order valence-corrected chi connectivity index (χ3v) is 5.75. The Morgan fingerprint density at radius 2 is 1.86 bits per heavy atom. The van der Waals surface area contributed by atoms with E-state index in [0.717, 1.165) is 12.1 Å². The maximum Gasteiger partial charge on any atom is 0.255 e. The van der Waals surface area contributed by atoms with Crippen LogP contribution in [0.25, 0.3) is 16.9 Å². The summed E-state index contributed by atoms with van der Waals surface area (Å²) < 4.78 is 43.9. The monoisotopic (exact) mass is 502 g/mol. The molecule has 0 aliphatic heterocycles. The van der Waals surface area contributed by atoms with Gasteiger partial charge in [-0.15, -0.1) is 0 Å². The molecule has 1 amide bonds. The summed E-state index contributed by atoms with van der Waals surface area (Å²) in [5.74, 6) is -3.27. The summed E-state index contributed by atoms with van der Waals surface area (Å²) in [6, 6.07) is 6.42. The number of nitrogen functional groups attached to an aromatic ring is 1. The first-order valence-electron chi connectivity index (χ1n) is 10.9. The predicted octanol–water partition coefficient (Wildman–Crippen LogP) is 5.53. The van der Waals surface area contributed by atoms with Crippen LogP contribution in [0.5, 0.6) is 0 Å². The van der Waals surface area contributed by atoms with Crippen molar-refractivity contribution in [1.29, 1.82) is 0 Å². The summed E-state index contributed by atoms with van der Waals surface area (Å²) in [4.78, 5) is 21.0. The molecule has 0 spiro atoms. The van der Waals surface area contributed by atoms with Crippen LogP contribution in [0.2, 0.25) is 5.02 Å². The van der Waals surface area contributed by atoms with E-state index in [1.807, 2.05) is 13.8 Å². The fourth-order valence-electron chi connectivity index (χ4n) is 3.79. The highest BCUT2D eigenvalue weighted by atomic mass is 35.5. The van der Waals surface area contributed by atoms with Crippen LogP contribution in [0.1, 0.15) is 49.9 Å². The average Bonchev–Trinajstić information content (AvgIpc) is 3.16. The lowest BCUT2D eigenvalue weighted by Crippen LogP contribution is -2.18.